The molecule has 15 rings (SSSR count). The summed E-state index contributed by atoms with van der Waals surface area (Å²) in [5, 5.41) is 13.2. The normalized spacial score (nSPS) is 12.5. The Morgan fingerprint density at radius 3 is 0.988 bits per heavy atom. The average Bonchev–Trinajstić information content (AvgIpc) is 1.85. The van der Waals surface area contributed by atoms with E-state index in [2.05, 4.69) is 303 Å². The summed E-state index contributed by atoms with van der Waals surface area (Å²) in [7, 11) is -3.46. The maximum atomic E-state index is 2.59. The van der Waals surface area contributed by atoms with Crippen LogP contribution in [0.5, 0.6) is 0 Å². The summed E-state index contributed by atoms with van der Waals surface area (Å²) in [6.45, 7) is 14.5. The van der Waals surface area contributed by atoms with Gasteiger partial charge in [-0.1, -0.05) is 258 Å². The van der Waals surface area contributed by atoms with E-state index in [0.29, 0.717) is 0 Å². The molecule has 0 aliphatic carbocycles. The summed E-state index contributed by atoms with van der Waals surface area (Å²) in [6.07, 6.45) is 0. The van der Waals surface area contributed by atoms with Gasteiger partial charge >= 0.3 is 0 Å². The van der Waals surface area contributed by atoms with Crippen molar-refractivity contribution in [2.45, 2.75) is 77.8 Å². The van der Waals surface area contributed by atoms with E-state index in [0.717, 1.165) is 11.4 Å². The van der Waals surface area contributed by atoms with Gasteiger partial charge in [0.15, 0.2) is 0 Å². The summed E-state index contributed by atoms with van der Waals surface area (Å²) >= 11 is 0. The predicted molar refractivity (Wildman–Crippen MR) is 370 cm³/mol. The fraction of sp³-hybridized carbons (Fsp3) is 0.154. The molecular weight excluding hydrogens is 1050 g/mol. The number of fused-ring (bicyclic) bond motifs is 12. The first-order valence-corrected chi connectivity index (χ1v) is 36.0. The third kappa shape index (κ3) is 7.62. The summed E-state index contributed by atoms with van der Waals surface area (Å²) < 4.78 is 5.17. The molecule has 0 fully saturated rings. The molecule has 0 atom stereocenters. The molecule has 4 heterocycles. The SMILES string of the molecule is CC[Si](CC)(CC)c1ccc(N(c2ccccc2)c2ccc3c4cc5c(cc4n4c6ccccc6c2c34)c2ccc(N(c3ccccc3)c3ccc([Si](CC)(CC)CC)cc3-c3ccccc3)c3c4ccccc4n5c23)c(-c2ccccc2)c1. The van der Waals surface area contributed by atoms with Gasteiger partial charge in [0, 0.05) is 65.6 Å². The van der Waals surface area contributed by atoms with E-state index >= 15 is 0 Å². The number of benzene rings is 11. The van der Waals surface area contributed by atoms with Crippen molar-refractivity contribution >= 4 is 137 Å². The van der Waals surface area contributed by atoms with Crippen LogP contribution in [0.1, 0.15) is 41.5 Å². The van der Waals surface area contributed by atoms with Crippen LogP contribution in [0, 0.1) is 0 Å². The molecule has 0 aliphatic heterocycles. The molecule has 410 valence electrons. The van der Waals surface area contributed by atoms with Gasteiger partial charge in [-0.2, -0.15) is 0 Å². The van der Waals surface area contributed by atoms with Gasteiger partial charge in [0.25, 0.3) is 0 Å². The minimum Gasteiger partial charge on any atom is -0.309 e. The van der Waals surface area contributed by atoms with Crippen LogP contribution in [-0.2, 0) is 0 Å². The zero-order valence-corrected chi connectivity index (χ0v) is 51.1. The third-order valence-corrected chi connectivity index (χ3v) is 31.4. The first-order valence-electron chi connectivity index (χ1n) is 30.8. The number of nitrogens with zero attached hydrogens (tertiary/aromatic N) is 4. The van der Waals surface area contributed by atoms with Gasteiger partial charge in [-0.25, -0.2) is 0 Å². The largest absolute Gasteiger partial charge is 0.309 e. The van der Waals surface area contributed by atoms with E-state index in [4.69, 9.17) is 0 Å². The number of rotatable bonds is 16. The number of para-hydroxylation sites is 4. The van der Waals surface area contributed by atoms with Crippen LogP contribution in [-0.4, -0.2) is 24.9 Å². The summed E-state index contributed by atoms with van der Waals surface area (Å²) in [5.74, 6) is 0. The van der Waals surface area contributed by atoms with Crippen molar-refractivity contribution in [3.63, 3.8) is 0 Å². The second-order valence-corrected chi connectivity index (χ2v) is 34.0. The van der Waals surface area contributed by atoms with Crippen molar-refractivity contribution in [3.8, 4) is 22.3 Å². The van der Waals surface area contributed by atoms with Crippen molar-refractivity contribution in [2.75, 3.05) is 9.80 Å². The standard InChI is InChI=1S/C78H70N4Si2/c1-7-83(8-2,9-3)57-41-45-69(63(49-57)53-29-17-13-18-30-53)79(55-33-21-15-22-34-55)71-47-43-59-65-51-74-66(52-73(65)81-67-39-27-25-37-61(67)75(71)77(59)81)60-44-48-72(76-62-38-26-28-40-68(62)82(74)78(60)76)80(56-35-23-16-24-36-56)70-46-42-58(84(10-4,11-5)12-6)50-64(70)54-31-19-14-20-32-54/h13-52H,7-12H2,1-6H3. The van der Waals surface area contributed by atoms with Crippen LogP contribution in [0.4, 0.5) is 34.1 Å². The van der Waals surface area contributed by atoms with Crippen LogP contribution in [0.2, 0.25) is 36.3 Å². The van der Waals surface area contributed by atoms with Crippen LogP contribution >= 0.6 is 0 Å². The van der Waals surface area contributed by atoms with Gasteiger partial charge in [-0.3, -0.25) is 0 Å². The molecule has 15 aromatic rings. The highest BCUT2D eigenvalue weighted by Gasteiger charge is 2.34. The number of hydrogen-bond donors (Lipinski definition) is 0. The van der Waals surface area contributed by atoms with Gasteiger partial charge in [-0.15, -0.1) is 0 Å². The lowest BCUT2D eigenvalue weighted by atomic mass is 9.99. The minimum atomic E-state index is -1.73. The fourth-order valence-corrected chi connectivity index (χ4v) is 22.6. The van der Waals surface area contributed by atoms with Gasteiger partial charge < -0.3 is 18.6 Å². The fourth-order valence-electron chi connectivity index (χ4n) is 15.4. The van der Waals surface area contributed by atoms with Gasteiger partial charge in [0.1, 0.15) is 0 Å². The molecule has 0 saturated carbocycles. The van der Waals surface area contributed by atoms with Gasteiger partial charge in [0.05, 0.1) is 72.0 Å². The molecule has 0 bridgehead atoms. The molecule has 11 aromatic carbocycles. The van der Waals surface area contributed by atoms with Crippen LogP contribution in [0.15, 0.2) is 243 Å². The summed E-state index contributed by atoms with van der Waals surface area (Å²) in [6, 6.07) is 99.8. The topological polar surface area (TPSA) is 15.3 Å². The lowest BCUT2D eigenvalue weighted by Gasteiger charge is -2.32. The molecule has 0 aliphatic rings. The molecule has 0 N–H and O–H groups in total. The quantitative estimate of drug-likeness (QED) is 0.0896. The molecule has 6 heteroatoms. The Balaban J connectivity index is 0.988. The Morgan fingerprint density at radius 1 is 0.286 bits per heavy atom. The zero-order chi connectivity index (χ0) is 56.8. The Hall–Kier alpha value is -8.95. The molecule has 0 spiro atoms. The van der Waals surface area contributed by atoms with E-state index in [-0.39, 0.29) is 0 Å². The van der Waals surface area contributed by atoms with Crippen LogP contribution in [0.3, 0.4) is 0 Å². The van der Waals surface area contributed by atoms with E-state index in [1.54, 1.807) is 10.4 Å². The van der Waals surface area contributed by atoms with E-state index in [1.807, 2.05) is 0 Å². The zero-order valence-electron chi connectivity index (χ0n) is 49.1. The maximum Gasteiger partial charge on any atom is 0.0859 e. The smallest absolute Gasteiger partial charge is 0.0859 e. The lowest BCUT2D eigenvalue weighted by molar-refractivity contribution is 1.19. The minimum absolute atomic E-state index is 1.14. The Bertz CT molecular complexity index is 4590. The second-order valence-electron chi connectivity index (χ2n) is 23.5. The molecule has 0 amide bonds. The monoisotopic (exact) mass is 1120 g/mol. The van der Waals surface area contributed by atoms with E-state index < -0.39 is 16.1 Å². The Labute approximate surface area is 495 Å². The molecule has 4 nitrogen and oxygen atoms in total. The molecule has 0 unspecified atom stereocenters. The highest BCUT2D eigenvalue weighted by molar-refractivity contribution is 6.92. The highest BCUT2D eigenvalue weighted by atomic mass is 28.3. The van der Waals surface area contributed by atoms with E-state index in [9.17, 15) is 0 Å². The van der Waals surface area contributed by atoms with Gasteiger partial charge in [0.2, 0.25) is 0 Å². The molecular formula is C78H70N4Si2. The van der Waals surface area contributed by atoms with Crippen molar-refractivity contribution in [2.24, 2.45) is 0 Å². The first-order chi connectivity index (χ1) is 41.4. The number of aromatic nitrogens is 2. The maximum absolute atomic E-state index is 2.59. The van der Waals surface area contributed by atoms with E-state index in [1.165, 1.54) is 157 Å². The molecule has 0 radical (unpaired) electrons. The average molecular weight is 1120 g/mol. The summed E-state index contributed by atoms with van der Waals surface area (Å²) in [5.41, 5.74) is 19.4. The first kappa shape index (κ1) is 51.9. The van der Waals surface area contributed by atoms with Crippen LogP contribution < -0.4 is 20.2 Å². The predicted octanol–water partition coefficient (Wildman–Crippen LogP) is 21.7. The molecule has 84 heavy (non-hydrogen) atoms. The highest BCUT2D eigenvalue weighted by Crippen LogP contribution is 2.53. The van der Waals surface area contributed by atoms with Gasteiger partial charge in [-0.05, 0) is 83.9 Å². The number of hydrogen-bond acceptors (Lipinski definition) is 2. The molecule has 4 aromatic heterocycles. The van der Waals surface area contributed by atoms with Crippen molar-refractivity contribution in [1.82, 2.24) is 8.80 Å². The van der Waals surface area contributed by atoms with Crippen molar-refractivity contribution in [3.05, 3.63) is 243 Å². The van der Waals surface area contributed by atoms with Crippen molar-refractivity contribution < 1.29 is 0 Å². The third-order valence-electron chi connectivity index (χ3n) is 20.2. The second kappa shape index (κ2) is 20.4. The Kier molecular flexibility index (Phi) is 12.6. The molecule has 0 saturated heterocycles. The van der Waals surface area contributed by atoms with Crippen LogP contribution in [0.25, 0.3) is 98.4 Å². The number of anilines is 6. The Morgan fingerprint density at radius 2 is 0.619 bits per heavy atom. The van der Waals surface area contributed by atoms with Crippen molar-refractivity contribution in [1.29, 1.82) is 0 Å². The lowest BCUT2D eigenvalue weighted by Crippen LogP contribution is -2.45. The summed E-state index contributed by atoms with van der Waals surface area (Å²) in [4.78, 5) is 5.11.